The molecular formula is C32H23N3S. The second kappa shape index (κ2) is 7.69. The van der Waals surface area contributed by atoms with Gasteiger partial charge < -0.3 is 9.88 Å². The van der Waals surface area contributed by atoms with Crippen molar-refractivity contribution in [2.45, 2.75) is 12.3 Å². The van der Waals surface area contributed by atoms with E-state index in [1.54, 1.807) is 0 Å². The van der Waals surface area contributed by atoms with Crippen molar-refractivity contribution >= 4 is 59.0 Å². The number of aromatic nitrogens is 1. The van der Waals surface area contributed by atoms with E-state index in [-0.39, 0.29) is 12.3 Å². The zero-order chi connectivity index (χ0) is 23.6. The molecule has 1 aliphatic rings. The van der Waals surface area contributed by atoms with Crippen molar-refractivity contribution < 1.29 is 0 Å². The number of para-hydroxylation sites is 2. The highest BCUT2D eigenvalue weighted by Crippen LogP contribution is 2.44. The quantitative estimate of drug-likeness (QED) is 0.259. The number of fused-ring (bicyclic) bond motifs is 8. The molecular weight excluding hydrogens is 458 g/mol. The van der Waals surface area contributed by atoms with Crippen LogP contribution in [0, 0.1) is 0 Å². The molecule has 0 saturated carbocycles. The molecule has 3 nitrogen and oxygen atoms in total. The standard InChI is InChI=1S/C32H23N3S/c1-2-10-20(11-3-1)29-25-14-4-7-15-26(25)33-32(34-29)35-27-16-8-5-12-21(27)23-18-19-24-22-13-6-9-17-28(22)36-31(24)30(23)35/h1-19,29,32-34H. The molecule has 36 heavy (non-hydrogen) atoms. The third-order valence-corrected chi connectivity index (χ3v) is 8.69. The molecule has 0 aliphatic carbocycles. The lowest BCUT2D eigenvalue weighted by Gasteiger charge is -2.36. The van der Waals surface area contributed by atoms with Gasteiger partial charge in [-0.1, -0.05) is 97.1 Å². The van der Waals surface area contributed by atoms with E-state index < -0.39 is 0 Å². The van der Waals surface area contributed by atoms with Gasteiger partial charge in [0.15, 0.2) is 6.29 Å². The predicted molar refractivity (Wildman–Crippen MR) is 153 cm³/mol. The topological polar surface area (TPSA) is 29.0 Å². The fraction of sp³-hybridized carbons (Fsp3) is 0.0625. The normalized spacial score (nSPS) is 17.6. The van der Waals surface area contributed by atoms with E-state index in [9.17, 15) is 0 Å². The van der Waals surface area contributed by atoms with Gasteiger partial charge in [-0.2, -0.15) is 0 Å². The Bertz CT molecular complexity index is 1910. The first-order valence-electron chi connectivity index (χ1n) is 12.4. The summed E-state index contributed by atoms with van der Waals surface area (Å²) in [6, 6.07) is 41.6. The van der Waals surface area contributed by atoms with Crippen LogP contribution in [0.2, 0.25) is 0 Å². The van der Waals surface area contributed by atoms with Crippen LogP contribution in [0.5, 0.6) is 0 Å². The van der Waals surface area contributed by atoms with Crippen LogP contribution in [0.15, 0.2) is 115 Å². The molecule has 5 aromatic carbocycles. The molecule has 8 rings (SSSR count). The lowest BCUT2D eigenvalue weighted by Crippen LogP contribution is -2.40. The third kappa shape index (κ3) is 2.83. The molecule has 2 unspecified atom stereocenters. The molecule has 0 radical (unpaired) electrons. The predicted octanol–water partition coefficient (Wildman–Crippen LogP) is 8.42. The van der Waals surface area contributed by atoms with Crippen LogP contribution in [-0.2, 0) is 0 Å². The second-order valence-electron chi connectivity index (χ2n) is 9.47. The molecule has 1 aliphatic heterocycles. The molecule has 2 N–H and O–H groups in total. The Kier molecular flexibility index (Phi) is 4.30. The van der Waals surface area contributed by atoms with E-state index in [1.165, 1.54) is 58.8 Å². The zero-order valence-electron chi connectivity index (χ0n) is 19.5. The average Bonchev–Trinajstić information content (AvgIpc) is 3.49. The van der Waals surface area contributed by atoms with Crippen LogP contribution in [0.1, 0.15) is 23.5 Å². The summed E-state index contributed by atoms with van der Waals surface area (Å²) >= 11 is 1.89. The molecule has 0 saturated heterocycles. The Morgan fingerprint density at radius 3 is 2.25 bits per heavy atom. The molecule has 0 bridgehead atoms. The van der Waals surface area contributed by atoms with Gasteiger partial charge in [0.1, 0.15) is 0 Å². The molecule has 7 aromatic rings. The summed E-state index contributed by atoms with van der Waals surface area (Å²) in [6.07, 6.45) is -0.108. The van der Waals surface area contributed by atoms with Crippen molar-refractivity contribution in [3.63, 3.8) is 0 Å². The summed E-state index contributed by atoms with van der Waals surface area (Å²) in [5.74, 6) is 0. The number of nitrogens with zero attached hydrogens (tertiary/aromatic N) is 1. The summed E-state index contributed by atoms with van der Waals surface area (Å²) in [5.41, 5.74) is 6.22. The van der Waals surface area contributed by atoms with E-state index in [0.29, 0.717) is 0 Å². The molecule has 172 valence electrons. The average molecular weight is 482 g/mol. The summed E-state index contributed by atoms with van der Waals surface area (Å²) in [4.78, 5) is 0. The maximum absolute atomic E-state index is 3.97. The zero-order valence-corrected chi connectivity index (χ0v) is 20.3. The van der Waals surface area contributed by atoms with Gasteiger partial charge in [0.05, 0.1) is 21.8 Å². The van der Waals surface area contributed by atoms with Crippen molar-refractivity contribution in [1.29, 1.82) is 0 Å². The number of thiophene rings is 1. The maximum Gasteiger partial charge on any atom is 0.160 e. The Labute approximate surface area is 212 Å². The van der Waals surface area contributed by atoms with Crippen LogP contribution in [-0.4, -0.2) is 4.57 Å². The highest BCUT2D eigenvalue weighted by atomic mass is 32.1. The number of hydrogen-bond acceptors (Lipinski definition) is 3. The fourth-order valence-electron chi connectivity index (χ4n) is 5.91. The number of anilines is 1. The summed E-state index contributed by atoms with van der Waals surface area (Å²) < 4.78 is 5.14. The van der Waals surface area contributed by atoms with Gasteiger partial charge in [-0.05, 0) is 29.3 Å². The minimum Gasteiger partial charge on any atom is -0.352 e. The third-order valence-electron chi connectivity index (χ3n) is 7.50. The van der Waals surface area contributed by atoms with Gasteiger partial charge in [-0.25, -0.2) is 0 Å². The van der Waals surface area contributed by atoms with Gasteiger partial charge in [-0.15, -0.1) is 11.3 Å². The van der Waals surface area contributed by atoms with Gasteiger partial charge in [0, 0.05) is 31.9 Å². The van der Waals surface area contributed by atoms with Crippen molar-refractivity contribution in [2.75, 3.05) is 5.32 Å². The SMILES string of the molecule is c1ccc(C2NC(n3c4ccccc4c4ccc5c6ccccc6sc5c43)Nc3ccccc32)cc1. The highest BCUT2D eigenvalue weighted by Gasteiger charge is 2.30. The number of nitrogens with one attached hydrogen (secondary N) is 2. The minimum absolute atomic E-state index is 0.0893. The molecule has 0 fully saturated rings. The smallest absolute Gasteiger partial charge is 0.160 e. The Hall–Kier alpha value is -4.12. The van der Waals surface area contributed by atoms with Crippen LogP contribution in [0.25, 0.3) is 42.0 Å². The first-order chi connectivity index (χ1) is 17.9. The lowest BCUT2D eigenvalue weighted by molar-refractivity contribution is 0.417. The molecule has 0 amide bonds. The molecule has 2 atom stereocenters. The summed E-state index contributed by atoms with van der Waals surface area (Å²) in [7, 11) is 0. The molecule has 2 aromatic heterocycles. The molecule has 3 heterocycles. The van der Waals surface area contributed by atoms with E-state index in [4.69, 9.17) is 0 Å². The van der Waals surface area contributed by atoms with Gasteiger partial charge in [0.2, 0.25) is 0 Å². The van der Waals surface area contributed by atoms with Gasteiger partial charge in [-0.3, -0.25) is 5.32 Å². The summed E-state index contributed by atoms with van der Waals surface area (Å²) in [6.45, 7) is 0. The Morgan fingerprint density at radius 1 is 0.611 bits per heavy atom. The highest BCUT2D eigenvalue weighted by molar-refractivity contribution is 7.26. The number of benzene rings is 5. The molecule has 4 heteroatoms. The summed E-state index contributed by atoms with van der Waals surface area (Å²) in [5, 5.41) is 13.0. The Balaban J connectivity index is 1.43. The van der Waals surface area contributed by atoms with Crippen molar-refractivity contribution in [3.8, 4) is 0 Å². The molecule has 0 spiro atoms. The van der Waals surface area contributed by atoms with Crippen molar-refractivity contribution in [1.82, 2.24) is 9.88 Å². The first kappa shape index (κ1) is 20.1. The van der Waals surface area contributed by atoms with Gasteiger partial charge >= 0.3 is 0 Å². The number of hydrogen-bond donors (Lipinski definition) is 2. The maximum atomic E-state index is 3.97. The number of rotatable bonds is 2. The monoisotopic (exact) mass is 481 g/mol. The first-order valence-corrected chi connectivity index (χ1v) is 13.2. The van der Waals surface area contributed by atoms with Crippen molar-refractivity contribution in [3.05, 3.63) is 126 Å². The van der Waals surface area contributed by atoms with Crippen molar-refractivity contribution in [2.24, 2.45) is 0 Å². The largest absolute Gasteiger partial charge is 0.352 e. The van der Waals surface area contributed by atoms with Crippen LogP contribution >= 0.6 is 11.3 Å². The second-order valence-corrected chi connectivity index (χ2v) is 10.5. The van der Waals surface area contributed by atoms with E-state index in [1.807, 2.05) is 11.3 Å². The van der Waals surface area contributed by atoms with E-state index in [0.717, 1.165) is 0 Å². The van der Waals surface area contributed by atoms with Crippen LogP contribution < -0.4 is 10.6 Å². The van der Waals surface area contributed by atoms with Crippen LogP contribution in [0.3, 0.4) is 0 Å². The fourth-order valence-corrected chi connectivity index (χ4v) is 7.16. The van der Waals surface area contributed by atoms with Crippen LogP contribution in [0.4, 0.5) is 5.69 Å². The lowest BCUT2D eigenvalue weighted by atomic mass is 9.95. The van der Waals surface area contributed by atoms with E-state index in [2.05, 4.69) is 130 Å². The minimum atomic E-state index is -0.108. The Morgan fingerprint density at radius 2 is 1.33 bits per heavy atom. The van der Waals surface area contributed by atoms with Gasteiger partial charge in [0.25, 0.3) is 0 Å². The van der Waals surface area contributed by atoms with E-state index >= 15 is 0 Å².